The van der Waals surface area contributed by atoms with E-state index in [-0.39, 0.29) is 11.9 Å². The summed E-state index contributed by atoms with van der Waals surface area (Å²) in [6.07, 6.45) is 8.03. The van der Waals surface area contributed by atoms with Crippen LogP contribution in [0.4, 0.5) is 0 Å². The fraction of sp³-hybridized carbons (Fsp3) is 0.429. The van der Waals surface area contributed by atoms with Gasteiger partial charge in [0.1, 0.15) is 0 Å². The van der Waals surface area contributed by atoms with Crippen LogP contribution in [0.15, 0.2) is 67.0 Å². The minimum atomic E-state index is 0.0678. The number of fused-ring (bicyclic) bond motifs is 2. The molecule has 1 N–H and O–H groups in total. The highest BCUT2D eigenvalue weighted by atomic mass is 16.2. The van der Waals surface area contributed by atoms with E-state index >= 15 is 0 Å². The number of hydrogen-bond donors (Lipinski definition) is 1. The van der Waals surface area contributed by atoms with E-state index in [2.05, 4.69) is 63.3 Å². The molecule has 2 unspecified atom stereocenters. The van der Waals surface area contributed by atoms with Gasteiger partial charge in [-0.1, -0.05) is 67.1 Å². The second kappa shape index (κ2) is 8.79. The number of nitrogens with zero attached hydrogens (tertiary/aromatic N) is 3. The van der Waals surface area contributed by atoms with E-state index in [0.29, 0.717) is 18.3 Å². The second-order valence-corrected chi connectivity index (χ2v) is 10.0. The Balaban J connectivity index is 1.35. The predicted octanol–water partition coefficient (Wildman–Crippen LogP) is 4.57. The predicted molar refractivity (Wildman–Crippen MR) is 130 cm³/mol. The number of rotatable bonds is 5. The number of imidazole rings is 1. The molecule has 1 amide bonds. The average molecular weight is 441 g/mol. The van der Waals surface area contributed by atoms with Crippen molar-refractivity contribution in [3.63, 3.8) is 0 Å². The maximum Gasteiger partial charge on any atom is 0.275 e. The molecule has 1 aliphatic heterocycles. The maximum atomic E-state index is 14.0. The summed E-state index contributed by atoms with van der Waals surface area (Å²) < 4.78 is 2.35. The number of aromatic nitrogens is 2. The zero-order valence-electron chi connectivity index (χ0n) is 19.1. The van der Waals surface area contributed by atoms with Crippen molar-refractivity contribution in [3.8, 4) is 11.3 Å². The van der Waals surface area contributed by atoms with Crippen molar-refractivity contribution in [1.29, 1.82) is 0 Å². The van der Waals surface area contributed by atoms with Crippen LogP contribution < -0.4 is 5.32 Å². The van der Waals surface area contributed by atoms with Gasteiger partial charge in [-0.3, -0.25) is 4.79 Å². The Kier molecular flexibility index (Phi) is 5.50. The molecular weight excluding hydrogens is 408 g/mol. The minimum Gasteiger partial charge on any atom is -0.331 e. The van der Waals surface area contributed by atoms with E-state index < -0.39 is 0 Å². The molecular formula is C28H32N4O. The van der Waals surface area contributed by atoms with Gasteiger partial charge >= 0.3 is 0 Å². The lowest BCUT2D eigenvalue weighted by molar-refractivity contribution is 0.0631. The van der Waals surface area contributed by atoms with Crippen molar-refractivity contribution >= 4 is 5.91 Å². The van der Waals surface area contributed by atoms with Crippen LogP contribution in [-0.2, 0) is 6.42 Å². The summed E-state index contributed by atoms with van der Waals surface area (Å²) in [7, 11) is 0. The Morgan fingerprint density at radius 3 is 2.52 bits per heavy atom. The van der Waals surface area contributed by atoms with E-state index in [1.807, 2.05) is 18.5 Å². The molecule has 4 atom stereocenters. The molecule has 2 aliphatic carbocycles. The molecule has 0 spiro atoms. The summed E-state index contributed by atoms with van der Waals surface area (Å²) in [5, 5.41) is 3.49. The Morgan fingerprint density at radius 2 is 1.79 bits per heavy atom. The molecule has 6 rings (SSSR count). The van der Waals surface area contributed by atoms with Crippen molar-refractivity contribution in [1.82, 2.24) is 19.8 Å². The first-order valence-electron chi connectivity index (χ1n) is 12.5. The van der Waals surface area contributed by atoms with Gasteiger partial charge in [0.15, 0.2) is 5.69 Å². The van der Waals surface area contributed by atoms with Crippen molar-refractivity contribution < 1.29 is 4.79 Å². The van der Waals surface area contributed by atoms with Crippen molar-refractivity contribution in [2.45, 2.75) is 44.2 Å². The first kappa shape index (κ1) is 20.7. The molecule has 170 valence electrons. The van der Waals surface area contributed by atoms with E-state index in [0.717, 1.165) is 42.6 Å². The maximum absolute atomic E-state index is 14.0. The number of benzene rings is 2. The molecule has 33 heavy (non-hydrogen) atoms. The summed E-state index contributed by atoms with van der Waals surface area (Å²) in [4.78, 5) is 20.9. The third-order valence-corrected chi connectivity index (χ3v) is 8.03. The van der Waals surface area contributed by atoms with Gasteiger partial charge in [0, 0.05) is 37.3 Å². The normalized spacial score (nSPS) is 26.6. The van der Waals surface area contributed by atoms with Crippen molar-refractivity contribution in [2.75, 3.05) is 19.6 Å². The highest BCUT2D eigenvalue weighted by Gasteiger charge is 2.42. The van der Waals surface area contributed by atoms with E-state index in [1.54, 1.807) is 0 Å². The molecule has 3 fully saturated rings. The van der Waals surface area contributed by atoms with Gasteiger partial charge in [0.2, 0.25) is 0 Å². The molecule has 2 aromatic carbocycles. The monoisotopic (exact) mass is 440 g/mol. The SMILES string of the molecule is O=C(c1ncn([C@@H]2CC3CCC2C3)c1-c1ccccc1)N1CCNC[C@H]1Cc1ccccc1. The molecule has 1 aromatic heterocycles. The molecule has 5 heteroatoms. The number of carbonyl (C=O) groups excluding carboxylic acids is 1. The lowest BCUT2D eigenvalue weighted by Crippen LogP contribution is -2.54. The van der Waals surface area contributed by atoms with Crippen LogP contribution in [0, 0.1) is 11.8 Å². The first-order valence-corrected chi connectivity index (χ1v) is 12.5. The zero-order chi connectivity index (χ0) is 22.2. The fourth-order valence-corrected chi connectivity index (χ4v) is 6.44. The molecule has 0 radical (unpaired) electrons. The smallest absolute Gasteiger partial charge is 0.275 e. The van der Waals surface area contributed by atoms with Crippen LogP contribution in [0.1, 0.15) is 47.8 Å². The fourth-order valence-electron chi connectivity index (χ4n) is 6.44. The number of carbonyl (C=O) groups is 1. The molecule has 2 saturated carbocycles. The highest BCUT2D eigenvalue weighted by Crippen LogP contribution is 2.51. The van der Waals surface area contributed by atoms with E-state index in [9.17, 15) is 4.79 Å². The number of piperazine rings is 1. The Bertz CT molecular complexity index is 1110. The van der Waals surface area contributed by atoms with Gasteiger partial charge < -0.3 is 14.8 Å². The van der Waals surface area contributed by atoms with Crippen LogP contribution in [0.25, 0.3) is 11.3 Å². The lowest BCUT2D eigenvalue weighted by Gasteiger charge is -2.36. The molecule has 2 heterocycles. The largest absolute Gasteiger partial charge is 0.331 e. The van der Waals surface area contributed by atoms with Gasteiger partial charge in [-0.2, -0.15) is 0 Å². The molecule has 2 bridgehead atoms. The summed E-state index contributed by atoms with van der Waals surface area (Å²) in [6, 6.07) is 21.5. The standard InChI is InChI=1S/C28H32N4O/c33-28(31-14-13-29-18-24(31)16-20-7-3-1-4-8-20)26-27(22-9-5-2-6-10-22)32(19-30-26)25-17-21-11-12-23(25)15-21/h1-10,19,21,23-25,29H,11-18H2/t21?,23?,24-,25-/m1/s1. The first-order chi connectivity index (χ1) is 16.3. The molecule has 1 saturated heterocycles. The van der Waals surface area contributed by atoms with Crippen LogP contribution in [0.2, 0.25) is 0 Å². The molecule has 3 aliphatic rings. The topological polar surface area (TPSA) is 50.2 Å². The van der Waals surface area contributed by atoms with Gasteiger partial charge in [0.25, 0.3) is 5.91 Å². The number of hydrogen-bond acceptors (Lipinski definition) is 3. The van der Waals surface area contributed by atoms with Crippen LogP contribution in [0.5, 0.6) is 0 Å². The molecule has 3 aromatic rings. The van der Waals surface area contributed by atoms with Gasteiger partial charge in [0.05, 0.1) is 12.0 Å². The molecule has 5 nitrogen and oxygen atoms in total. The summed E-state index contributed by atoms with van der Waals surface area (Å²) in [5.74, 6) is 1.63. The average Bonchev–Trinajstić information content (AvgIpc) is 3.61. The third kappa shape index (κ3) is 3.89. The Hall–Kier alpha value is -2.92. The van der Waals surface area contributed by atoms with Crippen molar-refractivity contribution in [3.05, 3.63) is 78.2 Å². The quantitative estimate of drug-likeness (QED) is 0.632. The third-order valence-electron chi connectivity index (χ3n) is 8.03. The van der Waals surface area contributed by atoms with Gasteiger partial charge in [-0.05, 0) is 43.1 Å². The van der Waals surface area contributed by atoms with Crippen LogP contribution >= 0.6 is 0 Å². The minimum absolute atomic E-state index is 0.0678. The zero-order valence-corrected chi connectivity index (χ0v) is 19.1. The number of amides is 1. The van der Waals surface area contributed by atoms with E-state index in [4.69, 9.17) is 4.98 Å². The van der Waals surface area contributed by atoms with E-state index in [1.165, 1.54) is 31.2 Å². The Morgan fingerprint density at radius 1 is 1.00 bits per heavy atom. The van der Waals surface area contributed by atoms with Gasteiger partial charge in [-0.25, -0.2) is 4.98 Å². The Labute approximate surface area is 195 Å². The van der Waals surface area contributed by atoms with Crippen LogP contribution in [0.3, 0.4) is 0 Å². The summed E-state index contributed by atoms with van der Waals surface area (Å²) in [5.41, 5.74) is 3.98. The van der Waals surface area contributed by atoms with Gasteiger partial charge in [-0.15, -0.1) is 0 Å². The lowest BCUT2D eigenvalue weighted by atomic mass is 9.94. The summed E-state index contributed by atoms with van der Waals surface area (Å²) in [6.45, 7) is 2.35. The van der Waals surface area contributed by atoms with Crippen LogP contribution in [-0.4, -0.2) is 46.0 Å². The van der Waals surface area contributed by atoms with Crippen molar-refractivity contribution in [2.24, 2.45) is 11.8 Å². The second-order valence-electron chi connectivity index (χ2n) is 10.0. The highest BCUT2D eigenvalue weighted by molar-refractivity contribution is 5.98. The summed E-state index contributed by atoms with van der Waals surface area (Å²) >= 11 is 0. The number of nitrogens with one attached hydrogen (secondary N) is 1.